The third-order valence-electron chi connectivity index (χ3n) is 2.99. The SMILES string of the molecule is CNc1nc(C2CCCC2)nc(C)c1I. The summed E-state index contributed by atoms with van der Waals surface area (Å²) in [6, 6.07) is 0. The summed E-state index contributed by atoms with van der Waals surface area (Å²) < 4.78 is 1.14. The van der Waals surface area contributed by atoms with Gasteiger partial charge in [-0.3, -0.25) is 0 Å². The quantitative estimate of drug-likeness (QED) is 0.852. The van der Waals surface area contributed by atoms with Crippen molar-refractivity contribution in [3.05, 3.63) is 15.1 Å². The van der Waals surface area contributed by atoms with E-state index in [9.17, 15) is 0 Å². The molecular weight excluding hydrogens is 301 g/mol. The van der Waals surface area contributed by atoms with Crippen LogP contribution in [-0.4, -0.2) is 17.0 Å². The van der Waals surface area contributed by atoms with E-state index >= 15 is 0 Å². The van der Waals surface area contributed by atoms with Gasteiger partial charge in [0.2, 0.25) is 0 Å². The first-order chi connectivity index (χ1) is 7.22. The van der Waals surface area contributed by atoms with Crippen LogP contribution >= 0.6 is 22.6 Å². The zero-order valence-electron chi connectivity index (χ0n) is 9.18. The normalized spacial score (nSPS) is 17.0. The lowest BCUT2D eigenvalue weighted by Crippen LogP contribution is -2.07. The molecule has 3 nitrogen and oxygen atoms in total. The minimum atomic E-state index is 0.591. The van der Waals surface area contributed by atoms with E-state index in [4.69, 9.17) is 0 Å². The van der Waals surface area contributed by atoms with Crippen LogP contribution in [0, 0.1) is 10.5 Å². The summed E-state index contributed by atoms with van der Waals surface area (Å²) in [4.78, 5) is 9.21. The topological polar surface area (TPSA) is 37.8 Å². The molecule has 1 aliphatic carbocycles. The van der Waals surface area contributed by atoms with Gasteiger partial charge in [0.25, 0.3) is 0 Å². The molecule has 1 N–H and O–H groups in total. The Morgan fingerprint density at radius 1 is 1.27 bits per heavy atom. The monoisotopic (exact) mass is 317 g/mol. The van der Waals surface area contributed by atoms with Crippen LogP contribution in [0.15, 0.2) is 0 Å². The summed E-state index contributed by atoms with van der Waals surface area (Å²) in [5.74, 6) is 2.60. The zero-order chi connectivity index (χ0) is 10.8. The van der Waals surface area contributed by atoms with Gasteiger partial charge < -0.3 is 5.32 Å². The standard InChI is InChI=1S/C11H16IN3/c1-7-9(12)11(13-2)15-10(14-7)8-5-3-4-6-8/h8H,3-6H2,1-2H3,(H,13,14,15). The van der Waals surface area contributed by atoms with Gasteiger partial charge in [0, 0.05) is 13.0 Å². The van der Waals surface area contributed by atoms with Crippen LogP contribution in [0.4, 0.5) is 5.82 Å². The van der Waals surface area contributed by atoms with Crippen molar-refractivity contribution in [3.63, 3.8) is 0 Å². The van der Waals surface area contributed by atoms with Gasteiger partial charge in [-0.25, -0.2) is 9.97 Å². The van der Waals surface area contributed by atoms with Crippen molar-refractivity contribution in [3.8, 4) is 0 Å². The predicted molar refractivity (Wildman–Crippen MR) is 70.2 cm³/mol. The predicted octanol–water partition coefficient (Wildman–Crippen LogP) is 3.09. The molecule has 15 heavy (non-hydrogen) atoms. The first kappa shape index (κ1) is 11.1. The molecular formula is C11H16IN3. The van der Waals surface area contributed by atoms with Crippen molar-refractivity contribution in [2.75, 3.05) is 12.4 Å². The summed E-state index contributed by atoms with van der Waals surface area (Å²) in [5, 5.41) is 3.14. The molecule has 4 heteroatoms. The van der Waals surface area contributed by atoms with Crippen LogP contribution in [0.5, 0.6) is 0 Å². The van der Waals surface area contributed by atoms with E-state index in [1.54, 1.807) is 0 Å². The van der Waals surface area contributed by atoms with Crippen LogP contribution in [-0.2, 0) is 0 Å². The fraction of sp³-hybridized carbons (Fsp3) is 0.636. The summed E-state index contributed by atoms with van der Waals surface area (Å²) in [6.45, 7) is 2.06. The molecule has 0 saturated heterocycles. The highest BCUT2D eigenvalue weighted by Crippen LogP contribution is 2.33. The molecule has 1 fully saturated rings. The Labute approximate surface area is 104 Å². The number of halogens is 1. The molecule has 82 valence electrons. The first-order valence-electron chi connectivity index (χ1n) is 5.44. The second-order valence-corrected chi connectivity index (χ2v) is 5.14. The minimum Gasteiger partial charge on any atom is -0.372 e. The summed E-state index contributed by atoms with van der Waals surface area (Å²) in [6.07, 6.45) is 5.16. The highest BCUT2D eigenvalue weighted by atomic mass is 127. The number of hydrogen-bond donors (Lipinski definition) is 1. The molecule has 0 amide bonds. The van der Waals surface area contributed by atoms with Crippen molar-refractivity contribution < 1.29 is 0 Å². The van der Waals surface area contributed by atoms with Crippen LogP contribution in [0.2, 0.25) is 0 Å². The second kappa shape index (κ2) is 4.63. The van der Waals surface area contributed by atoms with Crippen molar-refractivity contribution in [1.82, 2.24) is 9.97 Å². The Morgan fingerprint density at radius 3 is 2.53 bits per heavy atom. The number of aryl methyl sites for hydroxylation is 1. The van der Waals surface area contributed by atoms with Crippen LogP contribution in [0.1, 0.15) is 43.1 Å². The molecule has 1 aromatic rings. The fourth-order valence-electron chi connectivity index (χ4n) is 2.11. The Hall–Kier alpha value is -0.390. The average molecular weight is 317 g/mol. The molecule has 0 atom stereocenters. The Bertz CT molecular complexity index is 359. The molecule has 1 saturated carbocycles. The number of hydrogen-bond acceptors (Lipinski definition) is 3. The van der Waals surface area contributed by atoms with Gasteiger partial charge in [-0.1, -0.05) is 12.8 Å². The summed E-state index contributed by atoms with van der Waals surface area (Å²) in [5.41, 5.74) is 1.09. The van der Waals surface area contributed by atoms with Gasteiger partial charge in [0.15, 0.2) is 0 Å². The van der Waals surface area contributed by atoms with Crippen molar-refractivity contribution in [1.29, 1.82) is 0 Å². The summed E-state index contributed by atoms with van der Waals surface area (Å²) >= 11 is 2.30. The lowest BCUT2D eigenvalue weighted by Gasteiger charge is -2.12. The maximum Gasteiger partial charge on any atom is 0.143 e. The molecule has 0 aromatic carbocycles. The molecule has 1 aliphatic rings. The van der Waals surface area contributed by atoms with E-state index in [0.717, 1.165) is 20.9 Å². The molecule has 0 spiro atoms. The summed E-state index contributed by atoms with van der Waals surface area (Å²) in [7, 11) is 1.92. The molecule has 0 bridgehead atoms. The lowest BCUT2D eigenvalue weighted by molar-refractivity contribution is 0.664. The molecule has 0 radical (unpaired) electrons. The molecule has 0 aliphatic heterocycles. The largest absolute Gasteiger partial charge is 0.372 e. The molecule has 1 aromatic heterocycles. The van der Waals surface area contributed by atoms with Crippen molar-refractivity contribution in [2.45, 2.75) is 38.5 Å². The first-order valence-corrected chi connectivity index (χ1v) is 6.52. The molecule has 2 rings (SSSR count). The van der Waals surface area contributed by atoms with E-state index in [-0.39, 0.29) is 0 Å². The van der Waals surface area contributed by atoms with Crippen LogP contribution in [0.25, 0.3) is 0 Å². The number of rotatable bonds is 2. The molecule has 1 heterocycles. The smallest absolute Gasteiger partial charge is 0.143 e. The van der Waals surface area contributed by atoms with Gasteiger partial charge in [-0.2, -0.15) is 0 Å². The van der Waals surface area contributed by atoms with Crippen LogP contribution in [0.3, 0.4) is 0 Å². The number of nitrogens with one attached hydrogen (secondary N) is 1. The number of nitrogens with zero attached hydrogens (tertiary/aromatic N) is 2. The van der Waals surface area contributed by atoms with Gasteiger partial charge in [0.1, 0.15) is 11.6 Å². The number of aromatic nitrogens is 2. The third-order valence-corrected chi connectivity index (χ3v) is 4.28. The minimum absolute atomic E-state index is 0.591. The van der Waals surface area contributed by atoms with E-state index in [2.05, 4.69) is 44.8 Å². The second-order valence-electron chi connectivity index (χ2n) is 4.06. The Morgan fingerprint density at radius 2 is 1.93 bits per heavy atom. The zero-order valence-corrected chi connectivity index (χ0v) is 11.3. The van der Waals surface area contributed by atoms with Gasteiger partial charge >= 0.3 is 0 Å². The van der Waals surface area contributed by atoms with Gasteiger partial charge in [0.05, 0.1) is 9.26 Å². The van der Waals surface area contributed by atoms with Gasteiger partial charge in [-0.15, -0.1) is 0 Å². The highest BCUT2D eigenvalue weighted by molar-refractivity contribution is 14.1. The Balaban J connectivity index is 2.35. The highest BCUT2D eigenvalue weighted by Gasteiger charge is 2.21. The van der Waals surface area contributed by atoms with E-state index < -0.39 is 0 Å². The van der Waals surface area contributed by atoms with E-state index in [1.165, 1.54) is 25.7 Å². The van der Waals surface area contributed by atoms with Crippen molar-refractivity contribution in [2.24, 2.45) is 0 Å². The van der Waals surface area contributed by atoms with Crippen molar-refractivity contribution >= 4 is 28.4 Å². The number of anilines is 1. The fourth-order valence-corrected chi connectivity index (χ4v) is 2.62. The maximum atomic E-state index is 4.60. The average Bonchev–Trinajstić information content (AvgIpc) is 2.75. The maximum absolute atomic E-state index is 4.60. The Kier molecular flexibility index (Phi) is 3.43. The van der Waals surface area contributed by atoms with E-state index in [0.29, 0.717) is 5.92 Å². The van der Waals surface area contributed by atoms with Gasteiger partial charge in [-0.05, 0) is 42.4 Å². The third kappa shape index (κ3) is 2.24. The molecule has 0 unspecified atom stereocenters. The van der Waals surface area contributed by atoms with E-state index in [1.807, 2.05) is 7.05 Å². The lowest BCUT2D eigenvalue weighted by atomic mass is 10.1. The van der Waals surface area contributed by atoms with Crippen LogP contribution < -0.4 is 5.32 Å².